The Morgan fingerprint density at radius 3 is 2.08 bits per heavy atom. The number of benzene rings is 2. The average molecular weight is 564 g/mol. The van der Waals surface area contributed by atoms with Crippen LogP contribution in [0.25, 0.3) is 0 Å². The molecule has 1 aromatic heterocycles. The third kappa shape index (κ3) is 6.83. The van der Waals surface area contributed by atoms with Crippen LogP contribution in [-0.2, 0) is 10.0 Å². The van der Waals surface area contributed by atoms with Gasteiger partial charge in [-0.15, -0.1) is 0 Å². The van der Waals surface area contributed by atoms with Crippen LogP contribution >= 0.6 is 12.2 Å². The normalized spacial score (nSPS) is 10.7. The van der Waals surface area contributed by atoms with Gasteiger partial charge in [-0.1, -0.05) is 0 Å². The highest BCUT2D eigenvalue weighted by atomic mass is 32.2. The molecule has 0 saturated carbocycles. The number of carbonyl (C=O) groups is 1. The summed E-state index contributed by atoms with van der Waals surface area (Å²) in [6.45, 7) is 0. The number of thiocarbonyl (C=S) groups is 1. The quantitative estimate of drug-likeness (QED) is 0.193. The van der Waals surface area contributed by atoms with Crippen LogP contribution < -0.4 is 24.8 Å². The Kier molecular flexibility index (Phi) is 8.28. The maximum absolute atomic E-state index is 12.7. The van der Waals surface area contributed by atoms with Gasteiger partial charge in [0.25, 0.3) is 27.3 Å². The monoisotopic (exact) mass is 563 g/mol. The van der Waals surface area contributed by atoms with E-state index in [-0.39, 0.29) is 39.0 Å². The van der Waals surface area contributed by atoms with Gasteiger partial charge in [0.15, 0.2) is 10.9 Å². The zero-order valence-corrected chi connectivity index (χ0v) is 21.0. The molecule has 0 spiro atoms. The molecule has 3 aromatic rings. The Morgan fingerprint density at radius 2 is 1.55 bits per heavy atom. The highest BCUT2D eigenvalue weighted by Gasteiger charge is 2.21. The number of nitro benzene ring substituents is 2. The van der Waals surface area contributed by atoms with Crippen molar-refractivity contribution in [3.05, 3.63) is 74.3 Å². The van der Waals surface area contributed by atoms with Crippen LogP contribution in [0.15, 0.2) is 53.4 Å². The molecule has 18 heteroatoms. The third-order valence-corrected chi connectivity index (χ3v) is 6.12. The molecule has 0 bridgehead atoms. The van der Waals surface area contributed by atoms with Crippen LogP contribution in [0.1, 0.15) is 10.4 Å². The van der Waals surface area contributed by atoms with Crippen LogP contribution in [0.2, 0.25) is 0 Å². The third-order valence-electron chi connectivity index (χ3n) is 4.55. The summed E-state index contributed by atoms with van der Waals surface area (Å²) >= 11 is 5.04. The Hall–Kier alpha value is -4.97. The minimum absolute atomic E-state index is 0.0735. The Bertz CT molecular complexity index is 1480. The van der Waals surface area contributed by atoms with Crippen molar-refractivity contribution in [1.82, 2.24) is 15.3 Å². The second-order valence-electron chi connectivity index (χ2n) is 7.07. The first-order valence-corrected chi connectivity index (χ1v) is 12.0. The lowest BCUT2D eigenvalue weighted by molar-refractivity contribution is -0.394. The zero-order chi connectivity index (χ0) is 28.0. The van der Waals surface area contributed by atoms with Gasteiger partial charge in [-0.3, -0.25) is 35.1 Å². The fourth-order valence-corrected chi connectivity index (χ4v) is 4.04. The summed E-state index contributed by atoms with van der Waals surface area (Å²) in [7, 11) is -1.43. The number of nitro groups is 2. The van der Waals surface area contributed by atoms with Crippen molar-refractivity contribution in [3.8, 4) is 11.9 Å². The predicted molar refractivity (Wildman–Crippen MR) is 136 cm³/mol. The fourth-order valence-electron chi connectivity index (χ4n) is 2.84. The van der Waals surface area contributed by atoms with E-state index < -0.39 is 37.2 Å². The number of methoxy groups -OCH3 is 2. The molecule has 0 unspecified atom stereocenters. The van der Waals surface area contributed by atoms with Crippen LogP contribution in [-0.4, -0.2) is 53.5 Å². The zero-order valence-electron chi connectivity index (χ0n) is 19.4. The number of amides is 1. The molecule has 0 radical (unpaired) electrons. The lowest BCUT2D eigenvalue weighted by Crippen LogP contribution is -2.34. The molecular weight excluding hydrogens is 546 g/mol. The molecule has 38 heavy (non-hydrogen) atoms. The number of nitrogens with one attached hydrogen (secondary N) is 3. The lowest BCUT2D eigenvalue weighted by atomic mass is 10.1. The number of non-ortho nitro benzene ring substituents is 2. The Balaban J connectivity index is 1.70. The SMILES string of the molecule is COc1cc(NS(=O)(=O)c2ccc(NC(=S)NC(=O)c3cc([N+](=O)[O-])cc([N+](=O)[O-])c3)cc2)nc(OC)n1. The summed E-state index contributed by atoms with van der Waals surface area (Å²) in [5.41, 5.74) is -1.37. The molecule has 3 N–H and O–H groups in total. The van der Waals surface area contributed by atoms with Gasteiger partial charge in [-0.25, -0.2) is 8.42 Å². The second kappa shape index (κ2) is 11.4. The minimum Gasteiger partial charge on any atom is -0.481 e. The van der Waals surface area contributed by atoms with E-state index in [1.54, 1.807) is 0 Å². The number of anilines is 2. The largest absolute Gasteiger partial charge is 0.481 e. The maximum atomic E-state index is 12.7. The molecule has 198 valence electrons. The van der Waals surface area contributed by atoms with Gasteiger partial charge < -0.3 is 14.8 Å². The van der Waals surface area contributed by atoms with Gasteiger partial charge in [0, 0.05) is 23.9 Å². The molecule has 2 aromatic carbocycles. The molecule has 16 nitrogen and oxygen atoms in total. The van der Waals surface area contributed by atoms with Crippen LogP contribution in [0, 0.1) is 20.2 Å². The highest BCUT2D eigenvalue weighted by Crippen LogP contribution is 2.23. The van der Waals surface area contributed by atoms with E-state index in [9.17, 15) is 33.4 Å². The molecule has 0 fully saturated rings. The standard InChI is InChI=1S/C20H17N7O9S2/c1-35-17-10-16(22-19(23-17)36-2)25-38(33,34)15-5-3-12(4-6-15)21-20(37)24-18(28)11-7-13(26(29)30)9-14(8-11)27(31)32/h3-10H,1-2H3,(H,22,23,25)(H2,21,24,28,37). The Labute approximate surface area is 219 Å². The number of hydrogen-bond acceptors (Lipinski definition) is 12. The predicted octanol–water partition coefficient (Wildman–Crippen LogP) is 2.24. The minimum atomic E-state index is -4.08. The van der Waals surface area contributed by atoms with Gasteiger partial charge in [0.05, 0.1) is 40.6 Å². The number of hydrogen-bond donors (Lipinski definition) is 3. The first kappa shape index (κ1) is 27.6. The summed E-state index contributed by atoms with van der Waals surface area (Å²) in [5.74, 6) is -0.959. The Morgan fingerprint density at radius 1 is 0.947 bits per heavy atom. The number of sulfonamides is 1. The molecule has 0 aliphatic heterocycles. The van der Waals surface area contributed by atoms with Gasteiger partial charge in [-0.2, -0.15) is 9.97 Å². The summed E-state index contributed by atoms with van der Waals surface area (Å²) in [4.78, 5) is 40.4. The summed E-state index contributed by atoms with van der Waals surface area (Å²) in [5, 5.41) is 26.7. The number of ether oxygens (including phenoxy) is 2. The van der Waals surface area contributed by atoms with Crippen molar-refractivity contribution in [2.45, 2.75) is 4.90 Å². The molecule has 1 amide bonds. The molecule has 0 aliphatic carbocycles. The molecule has 0 aliphatic rings. The highest BCUT2D eigenvalue weighted by molar-refractivity contribution is 7.92. The summed E-state index contributed by atoms with van der Waals surface area (Å²) < 4.78 is 37.6. The lowest BCUT2D eigenvalue weighted by Gasteiger charge is -2.12. The van der Waals surface area contributed by atoms with Crippen LogP contribution in [0.3, 0.4) is 0 Å². The van der Waals surface area contributed by atoms with E-state index in [0.717, 1.165) is 18.2 Å². The first-order chi connectivity index (χ1) is 17.9. The van der Waals surface area contributed by atoms with Crippen LogP contribution in [0.4, 0.5) is 22.9 Å². The summed E-state index contributed by atoms with van der Waals surface area (Å²) in [6, 6.07) is 8.78. The van der Waals surface area contributed by atoms with E-state index in [0.29, 0.717) is 0 Å². The molecule has 1 heterocycles. The van der Waals surface area contributed by atoms with E-state index in [4.69, 9.17) is 21.7 Å². The molecule has 0 atom stereocenters. The molecule has 0 saturated heterocycles. The first-order valence-electron chi connectivity index (χ1n) is 10.1. The maximum Gasteiger partial charge on any atom is 0.321 e. The van der Waals surface area contributed by atoms with Crippen molar-refractivity contribution >= 4 is 56.1 Å². The average Bonchev–Trinajstić information content (AvgIpc) is 2.87. The number of nitrogens with zero attached hydrogens (tertiary/aromatic N) is 4. The van der Waals surface area contributed by atoms with Gasteiger partial charge in [-0.05, 0) is 36.5 Å². The van der Waals surface area contributed by atoms with Crippen molar-refractivity contribution in [2.75, 3.05) is 24.3 Å². The topological polar surface area (TPSA) is 218 Å². The smallest absolute Gasteiger partial charge is 0.321 e. The number of rotatable bonds is 9. The van der Waals surface area contributed by atoms with E-state index in [1.165, 1.54) is 44.6 Å². The number of carbonyl (C=O) groups excluding carboxylic acids is 1. The van der Waals surface area contributed by atoms with E-state index in [2.05, 4.69) is 25.3 Å². The number of aromatic nitrogens is 2. The van der Waals surface area contributed by atoms with Gasteiger partial charge >= 0.3 is 6.01 Å². The van der Waals surface area contributed by atoms with Gasteiger partial charge in [0.1, 0.15) is 0 Å². The van der Waals surface area contributed by atoms with Crippen molar-refractivity contribution in [2.24, 2.45) is 0 Å². The van der Waals surface area contributed by atoms with E-state index >= 15 is 0 Å². The van der Waals surface area contributed by atoms with E-state index in [1.807, 2.05) is 0 Å². The second-order valence-corrected chi connectivity index (χ2v) is 9.16. The fraction of sp³-hybridized carbons (Fsp3) is 0.100. The van der Waals surface area contributed by atoms with Gasteiger partial charge in [0.2, 0.25) is 5.88 Å². The summed E-state index contributed by atoms with van der Waals surface area (Å²) in [6.07, 6.45) is 0. The van der Waals surface area contributed by atoms with Crippen LogP contribution in [0.5, 0.6) is 11.9 Å². The van der Waals surface area contributed by atoms with Crippen molar-refractivity contribution in [1.29, 1.82) is 0 Å². The molecular formula is C20H17N7O9S2. The molecule has 3 rings (SSSR count). The van der Waals surface area contributed by atoms with Crippen molar-refractivity contribution in [3.63, 3.8) is 0 Å². The van der Waals surface area contributed by atoms with Crippen molar-refractivity contribution < 1.29 is 32.5 Å².